The summed E-state index contributed by atoms with van der Waals surface area (Å²) in [5.74, 6) is 2.63. The molecule has 0 aromatic heterocycles. The standard InChI is InChI=1S/C12H20O2/c1-7-11(5)9-12(6,14-13-11)8-10(2,3)4/h1H,8-9H2,2-6H3. The van der Waals surface area contributed by atoms with Crippen LogP contribution in [0.4, 0.5) is 0 Å². The average Bonchev–Trinajstić information content (AvgIpc) is 2.25. The third kappa shape index (κ3) is 2.73. The topological polar surface area (TPSA) is 18.5 Å². The van der Waals surface area contributed by atoms with Crippen molar-refractivity contribution >= 4 is 0 Å². The van der Waals surface area contributed by atoms with Gasteiger partial charge in [0.1, 0.15) is 5.60 Å². The van der Waals surface area contributed by atoms with Crippen LogP contribution in [0.2, 0.25) is 0 Å². The van der Waals surface area contributed by atoms with Crippen LogP contribution in [0.1, 0.15) is 47.5 Å². The molecular formula is C12H20O2. The summed E-state index contributed by atoms with van der Waals surface area (Å²) in [5.41, 5.74) is -0.586. The van der Waals surface area contributed by atoms with Crippen molar-refractivity contribution in [2.45, 2.75) is 58.7 Å². The Morgan fingerprint density at radius 3 is 2.21 bits per heavy atom. The molecule has 2 atom stereocenters. The van der Waals surface area contributed by atoms with Gasteiger partial charge in [-0.15, -0.1) is 6.42 Å². The van der Waals surface area contributed by atoms with E-state index in [1.54, 1.807) is 0 Å². The number of terminal acetylenes is 1. The van der Waals surface area contributed by atoms with Crippen LogP contribution in [0.5, 0.6) is 0 Å². The molecule has 0 N–H and O–H groups in total. The quantitative estimate of drug-likeness (QED) is 0.474. The average molecular weight is 196 g/mol. The molecule has 1 aliphatic heterocycles. The lowest BCUT2D eigenvalue weighted by atomic mass is 9.78. The Hall–Kier alpha value is -0.520. The van der Waals surface area contributed by atoms with E-state index in [0.29, 0.717) is 0 Å². The van der Waals surface area contributed by atoms with Crippen molar-refractivity contribution in [3.05, 3.63) is 0 Å². The highest BCUT2D eigenvalue weighted by Gasteiger charge is 2.46. The predicted octanol–water partition coefficient (Wildman–Crippen LogP) is 2.93. The van der Waals surface area contributed by atoms with Crippen molar-refractivity contribution < 1.29 is 9.78 Å². The van der Waals surface area contributed by atoms with Gasteiger partial charge >= 0.3 is 0 Å². The highest BCUT2D eigenvalue weighted by atomic mass is 17.2. The monoisotopic (exact) mass is 196 g/mol. The first-order valence-corrected chi connectivity index (χ1v) is 5.03. The van der Waals surface area contributed by atoms with Gasteiger partial charge in [-0.3, -0.25) is 0 Å². The van der Waals surface area contributed by atoms with E-state index in [4.69, 9.17) is 16.2 Å². The highest BCUT2D eigenvalue weighted by molar-refractivity contribution is 5.10. The summed E-state index contributed by atoms with van der Waals surface area (Å²) in [6.45, 7) is 10.5. The highest BCUT2D eigenvalue weighted by Crippen LogP contribution is 2.42. The van der Waals surface area contributed by atoms with Gasteiger partial charge < -0.3 is 0 Å². The molecule has 1 heterocycles. The first-order chi connectivity index (χ1) is 6.18. The number of hydrogen-bond acceptors (Lipinski definition) is 2. The van der Waals surface area contributed by atoms with Gasteiger partial charge in [0.15, 0.2) is 5.60 Å². The summed E-state index contributed by atoms with van der Waals surface area (Å²) in [7, 11) is 0. The van der Waals surface area contributed by atoms with Crippen LogP contribution < -0.4 is 0 Å². The molecule has 2 heteroatoms. The van der Waals surface area contributed by atoms with Crippen molar-refractivity contribution in [3.63, 3.8) is 0 Å². The third-order valence-corrected chi connectivity index (χ3v) is 2.35. The Balaban J connectivity index is 2.69. The lowest BCUT2D eigenvalue weighted by Crippen LogP contribution is -2.31. The molecule has 0 spiro atoms. The normalized spacial score (nSPS) is 38.3. The predicted molar refractivity (Wildman–Crippen MR) is 56.5 cm³/mol. The Kier molecular flexibility index (Phi) is 2.69. The van der Waals surface area contributed by atoms with Crippen LogP contribution in [-0.2, 0) is 9.78 Å². The number of rotatable bonds is 1. The molecule has 2 unspecified atom stereocenters. The SMILES string of the molecule is C#CC1(C)CC(C)(CC(C)(C)C)OO1. The zero-order valence-electron chi connectivity index (χ0n) is 9.81. The molecule has 0 amide bonds. The fraction of sp³-hybridized carbons (Fsp3) is 0.833. The summed E-state index contributed by atoms with van der Waals surface area (Å²) in [6.07, 6.45) is 7.10. The summed E-state index contributed by atoms with van der Waals surface area (Å²) in [5, 5.41) is 0. The van der Waals surface area contributed by atoms with E-state index in [1.807, 2.05) is 6.92 Å². The maximum atomic E-state index is 5.40. The molecule has 2 nitrogen and oxygen atoms in total. The molecule has 0 aromatic carbocycles. The first-order valence-electron chi connectivity index (χ1n) is 5.03. The fourth-order valence-corrected chi connectivity index (χ4v) is 2.25. The van der Waals surface area contributed by atoms with Gasteiger partial charge in [-0.05, 0) is 25.7 Å². The van der Waals surface area contributed by atoms with Crippen LogP contribution in [-0.4, -0.2) is 11.2 Å². The van der Waals surface area contributed by atoms with Gasteiger partial charge in [0.2, 0.25) is 0 Å². The van der Waals surface area contributed by atoms with Crippen molar-refractivity contribution in [1.29, 1.82) is 0 Å². The van der Waals surface area contributed by atoms with Crippen LogP contribution in [0.3, 0.4) is 0 Å². The van der Waals surface area contributed by atoms with Crippen LogP contribution in [0.15, 0.2) is 0 Å². The van der Waals surface area contributed by atoms with Gasteiger partial charge in [-0.25, -0.2) is 9.78 Å². The smallest absolute Gasteiger partial charge is 0.163 e. The molecule has 14 heavy (non-hydrogen) atoms. The first kappa shape index (κ1) is 11.6. The molecule has 1 saturated heterocycles. The van der Waals surface area contributed by atoms with Gasteiger partial charge in [-0.1, -0.05) is 26.7 Å². The Morgan fingerprint density at radius 1 is 1.29 bits per heavy atom. The van der Waals surface area contributed by atoms with E-state index in [9.17, 15) is 0 Å². The second-order valence-electron chi connectivity index (χ2n) is 5.91. The summed E-state index contributed by atoms with van der Waals surface area (Å²) in [6, 6.07) is 0. The summed E-state index contributed by atoms with van der Waals surface area (Å²) in [4.78, 5) is 10.6. The van der Waals surface area contributed by atoms with E-state index < -0.39 is 5.60 Å². The molecule has 1 aliphatic rings. The second-order valence-corrected chi connectivity index (χ2v) is 5.91. The molecule has 0 aliphatic carbocycles. The zero-order chi connectivity index (χ0) is 11.0. The molecule has 1 fully saturated rings. The summed E-state index contributed by atoms with van der Waals surface area (Å²) < 4.78 is 0. The Labute approximate surface area is 86.9 Å². The zero-order valence-corrected chi connectivity index (χ0v) is 9.81. The maximum Gasteiger partial charge on any atom is 0.163 e. The van der Waals surface area contributed by atoms with E-state index in [1.165, 1.54) is 0 Å². The van der Waals surface area contributed by atoms with Crippen molar-refractivity contribution in [2.75, 3.05) is 0 Å². The lowest BCUT2D eigenvalue weighted by Gasteiger charge is -2.29. The van der Waals surface area contributed by atoms with Crippen LogP contribution >= 0.6 is 0 Å². The summed E-state index contributed by atoms with van der Waals surface area (Å²) >= 11 is 0. The Bertz CT molecular complexity index is 258. The van der Waals surface area contributed by atoms with E-state index in [2.05, 4.69) is 33.6 Å². The van der Waals surface area contributed by atoms with Crippen LogP contribution in [0, 0.1) is 17.8 Å². The van der Waals surface area contributed by atoms with Crippen molar-refractivity contribution in [2.24, 2.45) is 5.41 Å². The van der Waals surface area contributed by atoms with Gasteiger partial charge in [0, 0.05) is 6.42 Å². The van der Waals surface area contributed by atoms with Gasteiger partial charge in [0.25, 0.3) is 0 Å². The van der Waals surface area contributed by atoms with E-state index in [0.717, 1.165) is 12.8 Å². The van der Waals surface area contributed by atoms with Crippen molar-refractivity contribution in [1.82, 2.24) is 0 Å². The second kappa shape index (κ2) is 3.25. The molecule has 0 saturated carbocycles. The molecule has 1 rings (SSSR count). The van der Waals surface area contributed by atoms with Crippen LogP contribution in [0.25, 0.3) is 0 Å². The fourth-order valence-electron chi connectivity index (χ4n) is 2.25. The molecule has 80 valence electrons. The molecular weight excluding hydrogens is 176 g/mol. The maximum absolute atomic E-state index is 5.40. The van der Waals surface area contributed by atoms with Gasteiger partial charge in [-0.2, -0.15) is 0 Å². The van der Waals surface area contributed by atoms with E-state index in [-0.39, 0.29) is 11.0 Å². The largest absolute Gasteiger partial charge is 0.229 e. The molecule has 0 bridgehead atoms. The number of hydrogen-bond donors (Lipinski definition) is 0. The molecule has 0 radical (unpaired) electrons. The molecule has 0 aromatic rings. The minimum Gasteiger partial charge on any atom is -0.229 e. The van der Waals surface area contributed by atoms with E-state index >= 15 is 0 Å². The third-order valence-electron chi connectivity index (χ3n) is 2.35. The van der Waals surface area contributed by atoms with Crippen molar-refractivity contribution in [3.8, 4) is 12.3 Å². The lowest BCUT2D eigenvalue weighted by molar-refractivity contribution is -0.337. The minimum absolute atomic E-state index is 0.220. The minimum atomic E-state index is -0.556. The van der Waals surface area contributed by atoms with Gasteiger partial charge in [0.05, 0.1) is 0 Å². The Morgan fingerprint density at radius 2 is 1.86 bits per heavy atom.